The molecule has 4 heterocycles. The monoisotopic (exact) mass is 301 g/mol. The van der Waals surface area contributed by atoms with Gasteiger partial charge in [0.1, 0.15) is 23.9 Å². The predicted octanol–water partition coefficient (Wildman–Crippen LogP) is 0.630. The van der Waals surface area contributed by atoms with Crippen LogP contribution in [-0.2, 0) is 28.5 Å². The zero-order valence-electron chi connectivity index (χ0n) is 12.9. The van der Waals surface area contributed by atoms with Gasteiger partial charge in [-0.15, -0.1) is 0 Å². The van der Waals surface area contributed by atoms with Crippen LogP contribution in [0.2, 0.25) is 0 Å². The van der Waals surface area contributed by atoms with E-state index in [0.717, 1.165) is 0 Å². The highest BCUT2D eigenvalue weighted by molar-refractivity contribution is 5.14. The number of hydrogen-bond donors (Lipinski definition) is 0. The molecule has 4 aliphatic heterocycles. The van der Waals surface area contributed by atoms with Gasteiger partial charge in [0.25, 0.3) is 0 Å². The molecular formula is C14H23NO6. The Balaban J connectivity index is 1.69. The first-order valence-corrected chi connectivity index (χ1v) is 7.61. The van der Waals surface area contributed by atoms with Crippen molar-refractivity contribution in [2.45, 2.75) is 69.4 Å². The van der Waals surface area contributed by atoms with Crippen molar-refractivity contribution in [2.24, 2.45) is 0 Å². The van der Waals surface area contributed by atoms with Crippen LogP contribution in [0.25, 0.3) is 0 Å². The summed E-state index contributed by atoms with van der Waals surface area (Å²) in [6.07, 6.45) is -0.463. The molecule has 0 amide bonds. The van der Waals surface area contributed by atoms with Gasteiger partial charge in [-0.2, -0.15) is 5.06 Å². The molecule has 2 bridgehead atoms. The second kappa shape index (κ2) is 4.61. The summed E-state index contributed by atoms with van der Waals surface area (Å²) in [4.78, 5) is 5.86. The molecule has 21 heavy (non-hydrogen) atoms. The third-order valence-electron chi connectivity index (χ3n) is 4.87. The number of nitrogens with zero attached hydrogens (tertiary/aromatic N) is 1. The summed E-state index contributed by atoms with van der Waals surface area (Å²) in [7, 11) is 1.91. The Bertz CT molecular complexity index is 432. The van der Waals surface area contributed by atoms with Crippen LogP contribution in [0, 0.1) is 0 Å². The van der Waals surface area contributed by atoms with Crippen LogP contribution in [0.3, 0.4) is 0 Å². The molecule has 0 N–H and O–H groups in total. The number of rotatable bonds is 2. The number of hydrogen-bond acceptors (Lipinski definition) is 7. The Hall–Kier alpha value is -0.280. The fourth-order valence-electron chi connectivity index (χ4n) is 4.03. The second-order valence-corrected chi connectivity index (χ2v) is 6.53. The van der Waals surface area contributed by atoms with Gasteiger partial charge < -0.3 is 23.7 Å². The van der Waals surface area contributed by atoms with Crippen LogP contribution in [0.15, 0.2) is 0 Å². The van der Waals surface area contributed by atoms with Crippen LogP contribution < -0.4 is 0 Å². The van der Waals surface area contributed by atoms with Crippen LogP contribution >= 0.6 is 0 Å². The van der Waals surface area contributed by atoms with Crippen LogP contribution in [0.4, 0.5) is 0 Å². The highest BCUT2D eigenvalue weighted by atomic mass is 16.8. The van der Waals surface area contributed by atoms with Crippen molar-refractivity contribution in [3.8, 4) is 0 Å². The van der Waals surface area contributed by atoms with E-state index in [1.165, 1.54) is 0 Å². The number of hydroxylamine groups is 2. The highest BCUT2D eigenvalue weighted by Crippen LogP contribution is 2.52. The summed E-state index contributed by atoms with van der Waals surface area (Å²) < 4.78 is 29.7. The Morgan fingerprint density at radius 2 is 2.10 bits per heavy atom. The van der Waals surface area contributed by atoms with E-state index in [-0.39, 0.29) is 30.9 Å². The lowest BCUT2D eigenvalue weighted by molar-refractivity contribution is -0.278. The van der Waals surface area contributed by atoms with Gasteiger partial charge in [0.15, 0.2) is 18.4 Å². The second-order valence-electron chi connectivity index (χ2n) is 6.53. The Morgan fingerprint density at radius 1 is 1.29 bits per heavy atom. The topological polar surface area (TPSA) is 58.6 Å². The van der Waals surface area contributed by atoms with Crippen molar-refractivity contribution >= 4 is 0 Å². The molecule has 0 radical (unpaired) electrons. The fourth-order valence-corrected chi connectivity index (χ4v) is 4.03. The Kier molecular flexibility index (Phi) is 3.14. The highest BCUT2D eigenvalue weighted by Gasteiger charge is 2.70. The van der Waals surface area contributed by atoms with Gasteiger partial charge >= 0.3 is 0 Å². The molecule has 4 rings (SSSR count). The summed E-state index contributed by atoms with van der Waals surface area (Å²) in [5, 5.41) is 1.84. The minimum atomic E-state index is -0.649. The van der Waals surface area contributed by atoms with E-state index < -0.39 is 11.3 Å². The van der Waals surface area contributed by atoms with Gasteiger partial charge in [-0.25, -0.2) is 0 Å². The Labute approximate surface area is 124 Å². The van der Waals surface area contributed by atoms with Crippen molar-refractivity contribution in [3.63, 3.8) is 0 Å². The van der Waals surface area contributed by atoms with Crippen molar-refractivity contribution in [3.05, 3.63) is 0 Å². The van der Waals surface area contributed by atoms with Gasteiger partial charge in [0.2, 0.25) is 0 Å². The zero-order valence-corrected chi connectivity index (χ0v) is 12.9. The van der Waals surface area contributed by atoms with E-state index in [4.69, 9.17) is 28.5 Å². The average molecular weight is 301 g/mol. The molecule has 0 aromatic carbocycles. The maximum absolute atomic E-state index is 6.21. The van der Waals surface area contributed by atoms with Gasteiger partial charge in [0, 0.05) is 20.1 Å². The zero-order chi connectivity index (χ0) is 14.8. The SMILES string of the molecule is CCO[C@H]1C[C@@]2([C@@H]3OC(C)(C)O[C@@H]3[C@@H]3OC[C@H]2O3)N(C)O1. The maximum Gasteiger partial charge on any atom is 0.187 e. The van der Waals surface area contributed by atoms with Gasteiger partial charge in [0.05, 0.1) is 6.61 Å². The lowest BCUT2D eigenvalue weighted by Gasteiger charge is -2.46. The van der Waals surface area contributed by atoms with Crippen molar-refractivity contribution in [1.82, 2.24) is 5.06 Å². The molecule has 4 fully saturated rings. The lowest BCUT2D eigenvalue weighted by atomic mass is 9.79. The van der Waals surface area contributed by atoms with Crippen molar-refractivity contribution in [1.29, 1.82) is 0 Å². The molecule has 120 valence electrons. The molecule has 1 spiro atoms. The van der Waals surface area contributed by atoms with E-state index in [2.05, 4.69) is 0 Å². The van der Waals surface area contributed by atoms with Crippen LogP contribution in [0.1, 0.15) is 27.2 Å². The summed E-state index contributed by atoms with van der Waals surface area (Å²) in [5.41, 5.74) is -0.439. The quantitative estimate of drug-likeness (QED) is 0.741. The summed E-state index contributed by atoms with van der Waals surface area (Å²) >= 11 is 0. The van der Waals surface area contributed by atoms with E-state index in [0.29, 0.717) is 19.6 Å². The van der Waals surface area contributed by atoms with Gasteiger partial charge in [-0.3, -0.25) is 4.84 Å². The molecular weight excluding hydrogens is 278 g/mol. The molecule has 0 saturated carbocycles. The Morgan fingerprint density at radius 3 is 2.86 bits per heavy atom. The van der Waals surface area contributed by atoms with E-state index in [9.17, 15) is 0 Å². The maximum atomic E-state index is 6.21. The first-order chi connectivity index (χ1) is 9.96. The minimum absolute atomic E-state index is 0.100. The number of ether oxygens (including phenoxy) is 5. The first-order valence-electron chi connectivity index (χ1n) is 7.61. The lowest BCUT2D eigenvalue weighted by Crippen LogP contribution is -2.66. The normalized spacial score (nSPS) is 51.7. The van der Waals surface area contributed by atoms with Crippen LogP contribution in [0.5, 0.6) is 0 Å². The molecule has 4 saturated heterocycles. The third-order valence-corrected chi connectivity index (χ3v) is 4.87. The fraction of sp³-hybridized carbons (Fsp3) is 1.00. The smallest absolute Gasteiger partial charge is 0.187 e. The molecule has 0 unspecified atom stereocenters. The minimum Gasteiger partial charge on any atom is -0.351 e. The molecule has 0 aliphatic carbocycles. The van der Waals surface area contributed by atoms with E-state index in [1.54, 1.807) is 0 Å². The molecule has 4 aliphatic rings. The van der Waals surface area contributed by atoms with Gasteiger partial charge in [-0.05, 0) is 20.8 Å². The average Bonchev–Trinajstić information content (AvgIpc) is 3.04. The van der Waals surface area contributed by atoms with E-state index in [1.807, 2.05) is 32.9 Å². The number of likely N-dealkylation sites (N-methyl/N-ethyl adjacent to an activating group) is 1. The van der Waals surface area contributed by atoms with Crippen LogP contribution in [-0.4, -0.2) is 67.5 Å². The van der Waals surface area contributed by atoms with Gasteiger partial charge in [-0.1, -0.05) is 0 Å². The first kappa shape index (κ1) is 14.3. The standard InChI is InChI=1S/C14H23NO6/c1-5-16-9-6-14(15(4)21-9)8-7-17-12(18-8)10-11(14)20-13(2,3)19-10/h8-12H,5-7H2,1-4H3/t8-,9-,10+,11-,12-,14-/m1/s1. The molecule has 0 aromatic rings. The molecule has 7 heteroatoms. The molecule has 0 aromatic heterocycles. The third kappa shape index (κ3) is 1.92. The summed E-state index contributed by atoms with van der Waals surface area (Å²) in [6.45, 7) is 6.93. The summed E-state index contributed by atoms with van der Waals surface area (Å²) in [6, 6.07) is 0. The summed E-state index contributed by atoms with van der Waals surface area (Å²) in [5.74, 6) is -0.649. The van der Waals surface area contributed by atoms with Crippen molar-refractivity contribution < 1.29 is 28.5 Å². The predicted molar refractivity (Wildman–Crippen MR) is 70.0 cm³/mol. The largest absolute Gasteiger partial charge is 0.351 e. The van der Waals surface area contributed by atoms with Crippen molar-refractivity contribution in [2.75, 3.05) is 20.3 Å². The molecule has 7 nitrogen and oxygen atoms in total. The molecule has 6 atom stereocenters. The van der Waals surface area contributed by atoms with E-state index >= 15 is 0 Å². The number of fused-ring (bicyclic) bond motifs is 6.